The van der Waals surface area contributed by atoms with Crippen LogP contribution in [0.3, 0.4) is 0 Å². The minimum Gasteiger partial charge on any atom is -0.492 e. The van der Waals surface area contributed by atoms with E-state index in [2.05, 4.69) is 21.3 Å². The molecule has 5 nitrogen and oxygen atoms in total. The van der Waals surface area contributed by atoms with Gasteiger partial charge in [-0.05, 0) is 12.8 Å². The highest BCUT2D eigenvalue weighted by Crippen LogP contribution is 2.21. The smallest absolute Gasteiger partial charge is 0.139 e. The molecule has 1 unspecified atom stereocenters. The van der Waals surface area contributed by atoms with Gasteiger partial charge in [-0.1, -0.05) is 0 Å². The number of nitrogens with one attached hydrogen (secondary N) is 1. The number of ether oxygens (including phenoxy) is 2. The molecular formula is C15H23N3O2. The lowest BCUT2D eigenvalue weighted by Crippen LogP contribution is -2.43. The molecule has 1 aromatic rings. The fourth-order valence-corrected chi connectivity index (χ4v) is 2.76. The maximum absolute atomic E-state index is 5.81. The highest BCUT2D eigenvalue weighted by molar-refractivity contribution is 5.48. The van der Waals surface area contributed by atoms with Crippen LogP contribution >= 0.6 is 0 Å². The van der Waals surface area contributed by atoms with Crippen molar-refractivity contribution in [1.29, 1.82) is 0 Å². The summed E-state index contributed by atoms with van der Waals surface area (Å²) in [5.74, 6) is 0.860. The Morgan fingerprint density at radius 1 is 1.35 bits per heavy atom. The Morgan fingerprint density at radius 3 is 3.05 bits per heavy atom. The van der Waals surface area contributed by atoms with Gasteiger partial charge in [-0.2, -0.15) is 0 Å². The molecule has 5 heteroatoms. The van der Waals surface area contributed by atoms with Crippen LogP contribution in [0.15, 0.2) is 18.5 Å². The van der Waals surface area contributed by atoms with E-state index in [9.17, 15) is 0 Å². The topological polar surface area (TPSA) is 46.6 Å². The molecule has 0 spiro atoms. The average molecular weight is 277 g/mol. The zero-order valence-electron chi connectivity index (χ0n) is 11.9. The lowest BCUT2D eigenvalue weighted by Gasteiger charge is -2.29. The maximum atomic E-state index is 5.81. The number of hydrogen-bond donors (Lipinski definition) is 1. The van der Waals surface area contributed by atoms with Gasteiger partial charge in [0, 0.05) is 45.3 Å². The second-order valence-electron chi connectivity index (χ2n) is 5.39. The number of anilines is 1. The zero-order valence-corrected chi connectivity index (χ0v) is 11.9. The van der Waals surface area contributed by atoms with E-state index in [0.29, 0.717) is 12.7 Å². The van der Waals surface area contributed by atoms with E-state index in [1.165, 1.54) is 12.8 Å². The number of piperazine rings is 1. The Bertz CT molecular complexity index is 415. The largest absolute Gasteiger partial charge is 0.492 e. The van der Waals surface area contributed by atoms with E-state index in [1.807, 2.05) is 6.20 Å². The van der Waals surface area contributed by atoms with Crippen molar-refractivity contribution in [3.8, 4) is 5.75 Å². The quantitative estimate of drug-likeness (QED) is 0.882. The summed E-state index contributed by atoms with van der Waals surface area (Å²) in [5, 5.41) is 3.36. The molecular weight excluding hydrogens is 254 g/mol. The SMILES string of the molecule is c1ncc(N2CCNCC2)cc1OCCC1CCCO1. The normalized spacial score (nSPS) is 23.0. The molecule has 0 radical (unpaired) electrons. The fraction of sp³-hybridized carbons (Fsp3) is 0.667. The number of rotatable bonds is 5. The van der Waals surface area contributed by atoms with Gasteiger partial charge in [0.25, 0.3) is 0 Å². The summed E-state index contributed by atoms with van der Waals surface area (Å²) in [7, 11) is 0. The molecule has 0 aromatic carbocycles. The van der Waals surface area contributed by atoms with Crippen molar-refractivity contribution in [1.82, 2.24) is 10.3 Å². The Hall–Kier alpha value is -1.33. The Balaban J connectivity index is 1.51. The number of hydrogen-bond acceptors (Lipinski definition) is 5. The van der Waals surface area contributed by atoms with Gasteiger partial charge in [-0.25, -0.2) is 0 Å². The van der Waals surface area contributed by atoms with Gasteiger partial charge < -0.3 is 19.7 Å². The molecule has 0 aliphatic carbocycles. The lowest BCUT2D eigenvalue weighted by molar-refractivity contribution is 0.0903. The Labute approximate surface area is 120 Å². The highest BCUT2D eigenvalue weighted by Gasteiger charge is 2.15. The molecule has 3 heterocycles. The highest BCUT2D eigenvalue weighted by atomic mass is 16.5. The summed E-state index contributed by atoms with van der Waals surface area (Å²) in [6.45, 7) is 5.73. The van der Waals surface area contributed by atoms with E-state index in [0.717, 1.165) is 50.6 Å². The minimum atomic E-state index is 0.388. The molecule has 110 valence electrons. The van der Waals surface area contributed by atoms with Crippen LogP contribution in [0.2, 0.25) is 0 Å². The van der Waals surface area contributed by atoms with Crippen LogP contribution in [-0.4, -0.2) is 50.5 Å². The van der Waals surface area contributed by atoms with Crippen LogP contribution in [0.25, 0.3) is 0 Å². The van der Waals surface area contributed by atoms with Crippen molar-refractivity contribution in [2.75, 3.05) is 44.3 Å². The lowest BCUT2D eigenvalue weighted by atomic mass is 10.2. The van der Waals surface area contributed by atoms with Gasteiger partial charge in [0.05, 0.1) is 30.8 Å². The summed E-state index contributed by atoms with van der Waals surface area (Å²) in [4.78, 5) is 6.64. The summed E-state index contributed by atoms with van der Waals surface area (Å²) in [6, 6.07) is 2.09. The molecule has 0 saturated carbocycles. The molecule has 20 heavy (non-hydrogen) atoms. The molecule has 0 bridgehead atoms. The molecule has 2 aliphatic rings. The van der Waals surface area contributed by atoms with Gasteiger partial charge in [0.2, 0.25) is 0 Å². The monoisotopic (exact) mass is 277 g/mol. The maximum Gasteiger partial charge on any atom is 0.139 e. The van der Waals surface area contributed by atoms with E-state index in [4.69, 9.17) is 9.47 Å². The van der Waals surface area contributed by atoms with E-state index in [-0.39, 0.29) is 0 Å². The second-order valence-corrected chi connectivity index (χ2v) is 5.39. The predicted octanol–water partition coefficient (Wildman–Crippen LogP) is 1.44. The van der Waals surface area contributed by atoms with Crippen LogP contribution in [0.4, 0.5) is 5.69 Å². The minimum absolute atomic E-state index is 0.388. The summed E-state index contributed by atoms with van der Waals surface area (Å²) >= 11 is 0. The standard InChI is InChI=1S/C15H23N3O2/c1-2-14(19-8-1)3-9-20-15-10-13(11-17-12-15)18-6-4-16-5-7-18/h10-12,14,16H,1-9H2. The fourth-order valence-electron chi connectivity index (χ4n) is 2.76. The van der Waals surface area contributed by atoms with Gasteiger partial charge in [-0.15, -0.1) is 0 Å². The van der Waals surface area contributed by atoms with Crippen molar-refractivity contribution < 1.29 is 9.47 Å². The van der Waals surface area contributed by atoms with Gasteiger partial charge >= 0.3 is 0 Å². The first kappa shape index (κ1) is 13.6. The van der Waals surface area contributed by atoms with Crippen LogP contribution in [0.1, 0.15) is 19.3 Å². The predicted molar refractivity (Wildman–Crippen MR) is 78.4 cm³/mol. The number of pyridine rings is 1. The van der Waals surface area contributed by atoms with Crippen molar-refractivity contribution in [2.45, 2.75) is 25.4 Å². The molecule has 1 N–H and O–H groups in total. The first-order chi connectivity index (χ1) is 9.92. The van der Waals surface area contributed by atoms with Crippen molar-refractivity contribution >= 4 is 5.69 Å². The van der Waals surface area contributed by atoms with Crippen LogP contribution in [0, 0.1) is 0 Å². The van der Waals surface area contributed by atoms with Gasteiger partial charge in [-0.3, -0.25) is 4.98 Å². The second kappa shape index (κ2) is 6.90. The Morgan fingerprint density at radius 2 is 2.25 bits per heavy atom. The van der Waals surface area contributed by atoms with Crippen molar-refractivity contribution in [3.05, 3.63) is 18.5 Å². The molecule has 3 rings (SSSR count). The van der Waals surface area contributed by atoms with Gasteiger partial charge in [0.15, 0.2) is 0 Å². The molecule has 1 aromatic heterocycles. The average Bonchev–Trinajstić information content (AvgIpc) is 3.02. The Kier molecular flexibility index (Phi) is 4.71. The summed E-state index contributed by atoms with van der Waals surface area (Å²) in [6.07, 6.45) is 7.42. The van der Waals surface area contributed by atoms with Crippen LogP contribution in [0.5, 0.6) is 5.75 Å². The molecule has 2 fully saturated rings. The van der Waals surface area contributed by atoms with Gasteiger partial charge in [0.1, 0.15) is 5.75 Å². The number of nitrogens with zero attached hydrogens (tertiary/aromatic N) is 2. The van der Waals surface area contributed by atoms with Crippen LogP contribution < -0.4 is 15.0 Å². The third-order valence-corrected chi connectivity index (χ3v) is 3.91. The van der Waals surface area contributed by atoms with E-state index in [1.54, 1.807) is 6.20 Å². The number of aromatic nitrogens is 1. The molecule has 2 saturated heterocycles. The third-order valence-electron chi connectivity index (χ3n) is 3.91. The molecule has 2 aliphatic heterocycles. The first-order valence-corrected chi connectivity index (χ1v) is 7.57. The van der Waals surface area contributed by atoms with Crippen molar-refractivity contribution in [3.63, 3.8) is 0 Å². The summed E-state index contributed by atoms with van der Waals surface area (Å²) in [5.41, 5.74) is 1.15. The molecule has 0 amide bonds. The first-order valence-electron chi connectivity index (χ1n) is 7.57. The summed E-state index contributed by atoms with van der Waals surface area (Å²) < 4.78 is 11.4. The van der Waals surface area contributed by atoms with E-state index >= 15 is 0 Å². The zero-order chi connectivity index (χ0) is 13.6. The molecule has 1 atom stereocenters. The van der Waals surface area contributed by atoms with Crippen LogP contribution in [-0.2, 0) is 4.74 Å². The van der Waals surface area contributed by atoms with Crippen molar-refractivity contribution in [2.24, 2.45) is 0 Å². The van der Waals surface area contributed by atoms with E-state index < -0.39 is 0 Å². The third kappa shape index (κ3) is 3.61.